The third-order valence-electron chi connectivity index (χ3n) is 4.37. The fourth-order valence-corrected chi connectivity index (χ4v) is 4.08. The molecule has 0 radical (unpaired) electrons. The van der Waals surface area contributed by atoms with E-state index in [-0.39, 0.29) is 22.3 Å². The van der Waals surface area contributed by atoms with E-state index in [1.165, 1.54) is 18.2 Å². The maximum Gasteiger partial charge on any atom is 0.270 e. The van der Waals surface area contributed by atoms with E-state index in [9.17, 15) is 20.2 Å². The molecule has 4 aromatic rings. The van der Waals surface area contributed by atoms with Crippen molar-refractivity contribution in [1.29, 1.82) is 5.26 Å². The van der Waals surface area contributed by atoms with Crippen LogP contribution in [0.25, 0.3) is 23.0 Å². The predicted octanol–water partition coefficient (Wildman–Crippen LogP) is 5.79. The number of nitriles is 1. The van der Waals surface area contributed by atoms with Crippen molar-refractivity contribution < 1.29 is 14.1 Å². The van der Waals surface area contributed by atoms with Gasteiger partial charge < -0.3 is 4.42 Å². The lowest BCUT2D eigenvalue weighted by atomic mass is 10.1. The minimum atomic E-state index is -0.483. The molecule has 0 bridgehead atoms. The molecule has 2 heterocycles. The van der Waals surface area contributed by atoms with Gasteiger partial charge in [-0.25, -0.2) is 0 Å². The highest BCUT2D eigenvalue weighted by molar-refractivity contribution is 9.10. The molecule has 33 heavy (non-hydrogen) atoms. The fourth-order valence-electron chi connectivity index (χ4n) is 2.82. The molecule has 0 saturated carbocycles. The number of hydrogen-bond donors (Lipinski definition) is 1. The molecule has 0 spiro atoms. The number of nitrogens with zero attached hydrogens (tertiary/aromatic N) is 4. The molecule has 0 aliphatic rings. The highest BCUT2D eigenvalue weighted by Gasteiger charge is 2.15. The molecule has 0 fully saturated rings. The number of aromatic nitrogens is 2. The van der Waals surface area contributed by atoms with Crippen LogP contribution in [0, 0.1) is 21.4 Å². The van der Waals surface area contributed by atoms with Gasteiger partial charge in [0.2, 0.25) is 5.13 Å². The largest absolute Gasteiger partial charge is 0.457 e. The van der Waals surface area contributed by atoms with Gasteiger partial charge in [-0.15, -0.1) is 10.2 Å². The van der Waals surface area contributed by atoms with Crippen molar-refractivity contribution in [2.75, 3.05) is 5.32 Å². The summed E-state index contributed by atoms with van der Waals surface area (Å²) in [5.74, 6) is 0.524. The van der Waals surface area contributed by atoms with E-state index in [0.717, 1.165) is 11.3 Å². The number of rotatable bonds is 6. The first kappa shape index (κ1) is 22.1. The lowest BCUT2D eigenvalue weighted by Crippen LogP contribution is -2.11. The highest BCUT2D eigenvalue weighted by Crippen LogP contribution is 2.33. The zero-order valence-corrected chi connectivity index (χ0v) is 19.0. The van der Waals surface area contributed by atoms with E-state index in [0.29, 0.717) is 32.1 Å². The summed E-state index contributed by atoms with van der Waals surface area (Å²) in [7, 11) is 0. The summed E-state index contributed by atoms with van der Waals surface area (Å²) in [6.07, 6.45) is 1.51. The number of carbonyl (C=O) groups is 1. The van der Waals surface area contributed by atoms with Crippen LogP contribution in [-0.4, -0.2) is 21.0 Å². The predicted molar refractivity (Wildman–Crippen MR) is 126 cm³/mol. The Kier molecular flexibility index (Phi) is 6.39. The number of hydrogen-bond acceptors (Lipinski definition) is 8. The minimum Gasteiger partial charge on any atom is -0.457 e. The van der Waals surface area contributed by atoms with Crippen molar-refractivity contribution >= 4 is 55.6 Å². The maximum atomic E-state index is 12.3. The van der Waals surface area contributed by atoms with E-state index >= 15 is 0 Å². The number of nitro benzene ring substituents is 1. The zero-order valence-electron chi connectivity index (χ0n) is 16.6. The molecule has 2 aromatic carbocycles. The van der Waals surface area contributed by atoms with Gasteiger partial charge in [0.25, 0.3) is 11.6 Å². The number of anilines is 1. The van der Waals surface area contributed by atoms with Gasteiger partial charge in [-0.1, -0.05) is 29.5 Å². The summed E-state index contributed by atoms with van der Waals surface area (Å²) < 4.78 is 6.30. The summed E-state index contributed by atoms with van der Waals surface area (Å²) in [5.41, 5.74) is 1.26. The van der Waals surface area contributed by atoms with E-state index in [4.69, 9.17) is 4.42 Å². The average molecular weight is 522 g/mol. The molecule has 0 aliphatic heterocycles. The Balaban J connectivity index is 1.54. The van der Waals surface area contributed by atoms with Crippen molar-refractivity contribution in [2.45, 2.75) is 0 Å². The van der Waals surface area contributed by atoms with E-state index in [1.54, 1.807) is 42.5 Å². The van der Waals surface area contributed by atoms with Gasteiger partial charge in [-0.2, -0.15) is 5.26 Å². The molecule has 4 rings (SSSR count). The van der Waals surface area contributed by atoms with Gasteiger partial charge in [0.05, 0.1) is 10.5 Å². The van der Waals surface area contributed by atoms with Gasteiger partial charge in [0, 0.05) is 33.8 Å². The highest BCUT2D eigenvalue weighted by atomic mass is 79.9. The Hall–Kier alpha value is -4.14. The fraction of sp³-hybridized carbons (Fsp3) is 0. The molecule has 0 saturated heterocycles. The number of allylic oxidation sites excluding steroid dienone is 1. The van der Waals surface area contributed by atoms with Gasteiger partial charge >= 0.3 is 0 Å². The zero-order chi connectivity index (χ0) is 23.4. The number of halogens is 1. The van der Waals surface area contributed by atoms with Crippen LogP contribution in [-0.2, 0) is 0 Å². The third kappa shape index (κ3) is 5.03. The molecular formula is C22H12BrN5O4S. The second-order valence-corrected chi connectivity index (χ2v) is 8.36. The Bertz CT molecular complexity index is 1420. The van der Waals surface area contributed by atoms with Crippen molar-refractivity contribution in [1.82, 2.24) is 10.2 Å². The van der Waals surface area contributed by atoms with Crippen LogP contribution in [0.2, 0.25) is 0 Å². The molecule has 1 N–H and O–H groups in total. The number of carbonyl (C=O) groups excluding carboxylic acids is 1. The smallest absolute Gasteiger partial charge is 0.270 e. The Morgan fingerprint density at radius 3 is 2.67 bits per heavy atom. The quantitative estimate of drug-likeness (QED) is 0.193. The van der Waals surface area contributed by atoms with Crippen LogP contribution >= 0.6 is 27.3 Å². The Labute approximate surface area is 199 Å². The van der Waals surface area contributed by atoms with Crippen LogP contribution in [0.3, 0.4) is 0 Å². The molecule has 0 atom stereocenters. The Morgan fingerprint density at radius 1 is 1.18 bits per heavy atom. The van der Waals surface area contributed by atoms with E-state index in [1.807, 2.05) is 6.07 Å². The summed E-state index contributed by atoms with van der Waals surface area (Å²) in [6, 6.07) is 18.4. The second kappa shape index (κ2) is 9.56. The normalized spacial score (nSPS) is 11.1. The first-order valence-corrected chi connectivity index (χ1v) is 10.9. The van der Waals surface area contributed by atoms with Gasteiger partial charge in [0.15, 0.2) is 5.01 Å². The molecule has 0 unspecified atom stereocenters. The summed E-state index contributed by atoms with van der Waals surface area (Å²) >= 11 is 4.38. The number of amides is 1. The van der Waals surface area contributed by atoms with Crippen LogP contribution in [0.4, 0.5) is 10.8 Å². The van der Waals surface area contributed by atoms with Gasteiger partial charge in [0.1, 0.15) is 17.6 Å². The first-order chi connectivity index (χ1) is 15.9. The molecular weight excluding hydrogens is 510 g/mol. The Morgan fingerprint density at radius 2 is 1.97 bits per heavy atom. The molecule has 9 nitrogen and oxygen atoms in total. The molecule has 1 amide bonds. The standard InChI is InChI=1S/C22H12BrN5O4S/c23-18-11-15(28(30)31)6-8-17(18)19-9-7-16(32-19)10-14(12-24)21-26-27-22(33-21)25-20(29)13-4-2-1-3-5-13/h1-11H,(H,25,27,29). The number of benzene rings is 2. The number of nitro groups is 1. The van der Waals surface area contributed by atoms with Gasteiger partial charge in [-0.3, -0.25) is 20.2 Å². The van der Waals surface area contributed by atoms with Crippen molar-refractivity contribution in [2.24, 2.45) is 0 Å². The third-order valence-corrected chi connectivity index (χ3v) is 5.90. The van der Waals surface area contributed by atoms with Crippen LogP contribution < -0.4 is 5.32 Å². The first-order valence-electron chi connectivity index (χ1n) is 9.31. The number of furan rings is 1. The van der Waals surface area contributed by atoms with E-state index in [2.05, 4.69) is 37.5 Å². The maximum absolute atomic E-state index is 12.3. The summed E-state index contributed by atoms with van der Waals surface area (Å²) in [6.45, 7) is 0. The molecule has 2 aromatic heterocycles. The van der Waals surface area contributed by atoms with E-state index < -0.39 is 4.92 Å². The summed E-state index contributed by atoms with van der Waals surface area (Å²) in [5, 5.41) is 31.6. The summed E-state index contributed by atoms with van der Waals surface area (Å²) in [4.78, 5) is 22.7. The van der Waals surface area contributed by atoms with Crippen LogP contribution in [0.1, 0.15) is 21.1 Å². The average Bonchev–Trinajstić information content (AvgIpc) is 3.47. The molecule has 162 valence electrons. The van der Waals surface area contributed by atoms with Crippen molar-refractivity contribution in [3.8, 4) is 17.4 Å². The number of nitrogens with one attached hydrogen (secondary N) is 1. The number of non-ortho nitro benzene ring substituents is 1. The second-order valence-electron chi connectivity index (χ2n) is 6.53. The molecule has 0 aliphatic carbocycles. The topological polar surface area (TPSA) is 135 Å². The van der Waals surface area contributed by atoms with Crippen LogP contribution in [0.15, 0.2) is 69.6 Å². The SMILES string of the molecule is N#CC(=Cc1ccc(-c2ccc([N+](=O)[O-])cc2Br)o1)c1nnc(NC(=O)c2ccccc2)s1. The van der Waals surface area contributed by atoms with Crippen molar-refractivity contribution in [3.63, 3.8) is 0 Å². The van der Waals surface area contributed by atoms with Gasteiger partial charge in [-0.05, 0) is 46.3 Å². The lowest BCUT2D eigenvalue weighted by molar-refractivity contribution is -0.384. The van der Waals surface area contributed by atoms with Crippen molar-refractivity contribution in [3.05, 3.63) is 91.6 Å². The lowest BCUT2D eigenvalue weighted by Gasteiger charge is -2.01. The minimum absolute atomic E-state index is 0.0458. The monoisotopic (exact) mass is 521 g/mol. The molecule has 11 heteroatoms. The van der Waals surface area contributed by atoms with Crippen LogP contribution in [0.5, 0.6) is 0 Å².